The minimum atomic E-state index is -0.671. The average molecular weight is 436 g/mol. The molecular formula is C25H16N4O4. The number of rotatable bonds is 5. The third-order valence-corrected chi connectivity index (χ3v) is 5.08. The van der Waals surface area contributed by atoms with Gasteiger partial charge in [-0.2, -0.15) is 5.26 Å². The van der Waals surface area contributed by atoms with Gasteiger partial charge >= 0.3 is 5.97 Å². The highest BCUT2D eigenvalue weighted by Crippen LogP contribution is 2.26. The van der Waals surface area contributed by atoms with Crippen LogP contribution in [0.25, 0.3) is 39.0 Å². The highest BCUT2D eigenvalue weighted by molar-refractivity contribution is 6.04. The molecule has 2 aromatic carbocycles. The van der Waals surface area contributed by atoms with Crippen LogP contribution in [0, 0.1) is 11.3 Å². The first-order valence-corrected chi connectivity index (χ1v) is 10.0. The number of nitrogens with one attached hydrogen (secondary N) is 1. The summed E-state index contributed by atoms with van der Waals surface area (Å²) in [5.41, 5.74) is 2.61. The average Bonchev–Trinajstić information content (AvgIpc) is 3.52. The molecule has 0 amide bonds. The van der Waals surface area contributed by atoms with E-state index < -0.39 is 18.3 Å². The SMILES string of the molecule is N#C/C(=C(\O)COC(=O)c1cc(-c2ccco2)nc2ccccc12)c1nc2ccccc2[nH]1. The van der Waals surface area contributed by atoms with E-state index in [1.807, 2.05) is 30.3 Å². The largest absolute Gasteiger partial charge is 0.507 e. The maximum atomic E-state index is 13.0. The molecule has 0 saturated heterocycles. The number of nitrogens with zero attached hydrogens (tertiary/aromatic N) is 3. The number of aromatic amines is 1. The first kappa shape index (κ1) is 20.0. The van der Waals surface area contributed by atoms with Crippen molar-refractivity contribution >= 4 is 33.5 Å². The number of H-pyrrole nitrogens is 1. The molecule has 0 aliphatic heterocycles. The van der Waals surface area contributed by atoms with Crippen LogP contribution in [0.3, 0.4) is 0 Å². The zero-order valence-corrected chi connectivity index (χ0v) is 17.1. The van der Waals surface area contributed by atoms with Crippen molar-refractivity contribution in [2.75, 3.05) is 6.61 Å². The van der Waals surface area contributed by atoms with E-state index in [2.05, 4.69) is 15.0 Å². The molecule has 0 aliphatic rings. The van der Waals surface area contributed by atoms with Crippen LogP contribution in [0.2, 0.25) is 0 Å². The van der Waals surface area contributed by atoms with Gasteiger partial charge in [0.05, 0.1) is 28.4 Å². The number of fused-ring (bicyclic) bond motifs is 2. The fourth-order valence-electron chi connectivity index (χ4n) is 3.50. The van der Waals surface area contributed by atoms with E-state index in [1.54, 1.807) is 42.5 Å². The highest BCUT2D eigenvalue weighted by atomic mass is 16.5. The molecule has 8 heteroatoms. The molecule has 3 heterocycles. The van der Waals surface area contributed by atoms with Gasteiger partial charge in [-0.25, -0.2) is 14.8 Å². The lowest BCUT2D eigenvalue weighted by Gasteiger charge is -2.09. The van der Waals surface area contributed by atoms with Gasteiger partial charge in [0.2, 0.25) is 0 Å². The number of hydrogen-bond acceptors (Lipinski definition) is 7. The van der Waals surface area contributed by atoms with Crippen LogP contribution < -0.4 is 0 Å². The molecular weight excluding hydrogens is 420 g/mol. The number of pyridine rings is 1. The van der Waals surface area contributed by atoms with Crippen molar-refractivity contribution in [3.63, 3.8) is 0 Å². The fraction of sp³-hybridized carbons (Fsp3) is 0.0400. The van der Waals surface area contributed by atoms with Crippen LogP contribution >= 0.6 is 0 Å². The normalized spacial score (nSPS) is 11.8. The molecule has 5 rings (SSSR count). The summed E-state index contributed by atoms with van der Waals surface area (Å²) >= 11 is 0. The number of carbonyl (C=O) groups is 1. The molecule has 2 N–H and O–H groups in total. The molecule has 0 atom stereocenters. The summed E-state index contributed by atoms with van der Waals surface area (Å²) in [6, 6.07) is 21.4. The third kappa shape index (κ3) is 3.79. The molecule has 8 nitrogen and oxygen atoms in total. The summed E-state index contributed by atoms with van der Waals surface area (Å²) < 4.78 is 10.8. The number of allylic oxidation sites excluding steroid dienone is 1. The predicted molar refractivity (Wildman–Crippen MR) is 121 cm³/mol. The second-order valence-corrected chi connectivity index (χ2v) is 7.16. The van der Waals surface area contributed by atoms with Crippen molar-refractivity contribution in [1.29, 1.82) is 5.26 Å². The standard InChI is InChI=1S/C25H16N4O4/c26-13-17(24-28-19-8-3-4-9-20(19)29-24)22(30)14-33-25(31)16-12-21(23-10-5-11-32-23)27-18-7-2-1-6-15(16)18/h1-12,30H,14H2,(H,28,29)/b22-17+. The van der Waals surface area contributed by atoms with Crippen LogP contribution in [0.4, 0.5) is 0 Å². The molecule has 160 valence electrons. The molecule has 0 radical (unpaired) electrons. The van der Waals surface area contributed by atoms with E-state index in [1.165, 1.54) is 6.26 Å². The number of imidazole rings is 1. The molecule has 0 unspecified atom stereocenters. The number of benzene rings is 2. The van der Waals surface area contributed by atoms with Gasteiger partial charge in [-0.05, 0) is 36.4 Å². The van der Waals surface area contributed by atoms with E-state index >= 15 is 0 Å². The number of nitriles is 1. The molecule has 0 bridgehead atoms. The van der Waals surface area contributed by atoms with Crippen molar-refractivity contribution < 1.29 is 19.1 Å². The summed E-state index contributed by atoms with van der Waals surface area (Å²) in [7, 11) is 0. The minimum Gasteiger partial charge on any atom is -0.507 e. The number of hydrogen-bond donors (Lipinski definition) is 2. The van der Waals surface area contributed by atoms with Gasteiger partial charge in [-0.3, -0.25) is 0 Å². The lowest BCUT2D eigenvalue weighted by molar-refractivity contribution is 0.0505. The number of para-hydroxylation sites is 3. The van der Waals surface area contributed by atoms with Gasteiger partial charge in [0.25, 0.3) is 0 Å². The van der Waals surface area contributed by atoms with Crippen molar-refractivity contribution in [3.8, 4) is 17.5 Å². The van der Waals surface area contributed by atoms with Gasteiger partial charge in [0.15, 0.2) is 17.3 Å². The van der Waals surface area contributed by atoms with Crippen LogP contribution in [-0.2, 0) is 4.74 Å². The molecule has 0 fully saturated rings. The third-order valence-electron chi connectivity index (χ3n) is 5.08. The van der Waals surface area contributed by atoms with E-state index in [0.717, 1.165) is 5.52 Å². The zero-order chi connectivity index (χ0) is 22.8. The quantitative estimate of drug-likeness (QED) is 0.225. The maximum Gasteiger partial charge on any atom is 0.339 e. The first-order valence-electron chi connectivity index (χ1n) is 10.0. The van der Waals surface area contributed by atoms with E-state index in [0.29, 0.717) is 27.9 Å². The van der Waals surface area contributed by atoms with Gasteiger partial charge < -0.3 is 19.2 Å². The fourth-order valence-corrected chi connectivity index (χ4v) is 3.50. The Hall–Kier alpha value is -4.90. The second kappa shape index (κ2) is 8.32. The Bertz CT molecular complexity index is 1530. The Balaban J connectivity index is 1.45. The highest BCUT2D eigenvalue weighted by Gasteiger charge is 2.19. The summed E-state index contributed by atoms with van der Waals surface area (Å²) in [5, 5.41) is 20.6. The van der Waals surface area contributed by atoms with Crippen molar-refractivity contribution in [2.24, 2.45) is 0 Å². The molecule has 0 aliphatic carbocycles. The monoisotopic (exact) mass is 436 g/mol. The number of furan rings is 1. The van der Waals surface area contributed by atoms with Crippen LogP contribution in [-0.4, -0.2) is 32.6 Å². The van der Waals surface area contributed by atoms with Gasteiger partial charge in [0, 0.05) is 5.39 Å². The molecule has 33 heavy (non-hydrogen) atoms. The summed E-state index contributed by atoms with van der Waals surface area (Å²) in [6.07, 6.45) is 1.52. The molecule has 0 saturated carbocycles. The van der Waals surface area contributed by atoms with Crippen molar-refractivity contribution in [3.05, 3.63) is 90.1 Å². The van der Waals surface area contributed by atoms with Crippen LogP contribution in [0.5, 0.6) is 0 Å². The smallest absolute Gasteiger partial charge is 0.339 e. The van der Waals surface area contributed by atoms with Gasteiger partial charge in [-0.1, -0.05) is 30.3 Å². The Morgan fingerprint density at radius 2 is 1.85 bits per heavy atom. The Morgan fingerprint density at radius 1 is 1.06 bits per heavy atom. The molecule has 3 aromatic heterocycles. The Labute approximate surface area is 187 Å². The summed E-state index contributed by atoms with van der Waals surface area (Å²) in [4.78, 5) is 24.8. The number of carbonyl (C=O) groups excluding carboxylic acids is 1. The van der Waals surface area contributed by atoms with Gasteiger partial charge in [0.1, 0.15) is 23.9 Å². The summed E-state index contributed by atoms with van der Waals surface area (Å²) in [5.74, 6) is -0.375. The van der Waals surface area contributed by atoms with Crippen molar-refractivity contribution in [1.82, 2.24) is 15.0 Å². The number of esters is 1. The zero-order valence-electron chi connectivity index (χ0n) is 17.1. The number of aliphatic hydroxyl groups is 1. The topological polar surface area (TPSA) is 125 Å². The minimum absolute atomic E-state index is 0.102. The lowest BCUT2D eigenvalue weighted by atomic mass is 10.1. The van der Waals surface area contributed by atoms with Crippen LogP contribution in [0.1, 0.15) is 16.2 Å². The van der Waals surface area contributed by atoms with Crippen LogP contribution in [0.15, 0.2) is 83.2 Å². The molecule has 0 spiro atoms. The molecule has 5 aromatic rings. The predicted octanol–water partition coefficient (Wildman–Crippen LogP) is 5.02. The number of aromatic nitrogens is 3. The number of aliphatic hydroxyl groups excluding tert-OH is 1. The lowest BCUT2D eigenvalue weighted by Crippen LogP contribution is -2.10. The van der Waals surface area contributed by atoms with E-state index in [9.17, 15) is 15.2 Å². The van der Waals surface area contributed by atoms with Crippen molar-refractivity contribution in [2.45, 2.75) is 0 Å². The van der Waals surface area contributed by atoms with Gasteiger partial charge in [-0.15, -0.1) is 0 Å². The Kier molecular flexibility index (Phi) is 5.05. The first-order chi connectivity index (χ1) is 16.1. The second-order valence-electron chi connectivity index (χ2n) is 7.16. The summed E-state index contributed by atoms with van der Waals surface area (Å²) in [6.45, 7) is -0.495. The Morgan fingerprint density at radius 3 is 2.61 bits per heavy atom. The van der Waals surface area contributed by atoms with E-state index in [-0.39, 0.29) is 17.0 Å². The number of ether oxygens (including phenoxy) is 1. The van der Waals surface area contributed by atoms with E-state index in [4.69, 9.17) is 9.15 Å². The maximum absolute atomic E-state index is 13.0.